The number of phosphoric ester groups is 1. The fourth-order valence-electron chi connectivity index (χ4n) is 5.16. The van der Waals surface area contributed by atoms with Crippen LogP contribution in [0.4, 0.5) is 0 Å². The second-order valence-electron chi connectivity index (χ2n) is 14.6. The molecule has 0 heterocycles. The van der Waals surface area contributed by atoms with E-state index in [9.17, 15) is 19.4 Å². The van der Waals surface area contributed by atoms with Gasteiger partial charge in [-0.05, 0) is 77.0 Å². The van der Waals surface area contributed by atoms with Gasteiger partial charge in [-0.2, -0.15) is 0 Å². The van der Waals surface area contributed by atoms with Crippen molar-refractivity contribution in [3.8, 4) is 0 Å². The quantitative estimate of drug-likeness (QED) is 0.0259. The third kappa shape index (κ3) is 36.4. The molecule has 0 aromatic heterocycles. The highest BCUT2D eigenvalue weighted by Gasteiger charge is 2.27. The van der Waals surface area contributed by atoms with Gasteiger partial charge in [0.15, 0.2) is 0 Å². The lowest BCUT2D eigenvalue weighted by Crippen LogP contribution is -2.45. The van der Waals surface area contributed by atoms with Crippen LogP contribution in [0.3, 0.4) is 0 Å². The molecule has 0 saturated heterocycles. The van der Waals surface area contributed by atoms with E-state index < -0.39 is 20.0 Å². The van der Waals surface area contributed by atoms with E-state index in [1.807, 2.05) is 27.2 Å². The number of hydrogen-bond donors (Lipinski definition) is 3. The van der Waals surface area contributed by atoms with E-state index in [0.29, 0.717) is 17.4 Å². The Hall–Kier alpha value is -1.80. The van der Waals surface area contributed by atoms with E-state index in [4.69, 9.17) is 9.05 Å². The molecular weight excluding hydrogens is 659 g/mol. The summed E-state index contributed by atoms with van der Waals surface area (Å²) in [7, 11) is 1.52. The first-order valence-electron chi connectivity index (χ1n) is 20.2. The monoisotopic (exact) mass is 738 g/mol. The van der Waals surface area contributed by atoms with E-state index in [-0.39, 0.29) is 19.1 Å². The zero-order chi connectivity index (χ0) is 37.9. The zero-order valence-corrected chi connectivity index (χ0v) is 34.2. The molecular formula is C42H78N2O6P+. The number of allylic oxidation sites excluding steroid dienone is 9. The Morgan fingerprint density at radius 2 is 1.14 bits per heavy atom. The van der Waals surface area contributed by atoms with Crippen molar-refractivity contribution in [3.63, 3.8) is 0 Å². The van der Waals surface area contributed by atoms with Gasteiger partial charge in [-0.1, -0.05) is 126 Å². The van der Waals surface area contributed by atoms with Gasteiger partial charge >= 0.3 is 7.82 Å². The lowest BCUT2D eigenvalue weighted by atomic mass is 10.1. The third-order valence-electron chi connectivity index (χ3n) is 8.44. The Morgan fingerprint density at radius 3 is 1.73 bits per heavy atom. The van der Waals surface area contributed by atoms with Crippen LogP contribution in [0.25, 0.3) is 0 Å². The molecule has 0 spiro atoms. The number of carbonyl (C=O) groups is 1. The molecule has 3 atom stereocenters. The number of likely N-dealkylation sites (N-methyl/N-ethyl adjacent to an activating group) is 1. The molecule has 0 radical (unpaired) electrons. The number of unbranched alkanes of at least 4 members (excludes halogenated alkanes) is 14. The fraction of sp³-hybridized carbons (Fsp3) is 0.738. The van der Waals surface area contributed by atoms with E-state index in [0.717, 1.165) is 77.0 Å². The number of carbonyl (C=O) groups excluding carboxylic acids is 1. The van der Waals surface area contributed by atoms with E-state index >= 15 is 0 Å². The summed E-state index contributed by atoms with van der Waals surface area (Å²) in [5.74, 6) is -0.210. The Morgan fingerprint density at radius 1 is 0.667 bits per heavy atom. The summed E-state index contributed by atoms with van der Waals surface area (Å²) in [6, 6.07) is -0.876. The van der Waals surface area contributed by atoms with Crippen LogP contribution in [0, 0.1) is 0 Å². The molecule has 0 aliphatic carbocycles. The van der Waals surface area contributed by atoms with Crippen molar-refractivity contribution < 1.29 is 32.9 Å². The molecule has 0 aromatic carbocycles. The highest BCUT2D eigenvalue weighted by atomic mass is 31.2. The second kappa shape index (κ2) is 34.0. The van der Waals surface area contributed by atoms with Gasteiger partial charge in [-0.25, -0.2) is 4.57 Å². The molecule has 0 aromatic rings. The molecule has 0 bridgehead atoms. The number of rotatable bonds is 35. The van der Waals surface area contributed by atoms with Gasteiger partial charge in [0.25, 0.3) is 0 Å². The van der Waals surface area contributed by atoms with Gasteiger partial charge in [0.05, 0.1) is 39.9 Å². The van der Waals surface area contributed by atoms with Crippen molar-refractivity contribution >= 4 is 13.7 Å². The maximum Gasteiger partial charge on any atom is 0.472 e. The van der Waals surface area contributed by atoms with Gasteiger partial charge in [0, 0.05) is 6.42 Å². The SMILES string of the molecule is CCCCC/C=C/CC/C=C/CC/C=C/C(O)C(COP(=O)(O)OCC[N+](C)(C)C)NC(=O)CCCCCCC/C=C\C/C=C\CCCCCC. The Kier molecular flexibility index (Phi) is 32.8. The predicted molar refractivity (Wildman–Crippen MR) is 217 cm³/mol. The van der Waals surface area contributed by atoms with E-state index in [2.05, 4.69) is 67.8 Å². The zero-order valence-electron chi connectivity index (χ0n) is 33.3. The van der Waals surface area contributed by atoms with Crippen molar-refractivity contribution in [2.24, 2.45) is 0 Å². The summed E-state index contributed by atoms with van der Waals surface area (Å²) >= 11 is 0. The maximum atomic E-state index is 12.8. The minimum atomic E-state index is -4.35. The van der Waals surface area contributed by atoms with Gasteiger partial charge in [0.2, 0.25) is 5.91 Å². The Labute approximate surface area is 313 Å². The number of nitrogens with one attached hydrogen (secondary N) is 1. The van der Waals surface area contributed by atoms with Crippen LogP contribution in [-0.2, 0) is 18.4 Å². The second-order valence-corrected chi connectivity index (χ2v) is 16.1. The van der Waals surface area contributed by atoms with Crippen molar-refractivity contribution in [2.75, 3.05) is 40.9 Å². The third-order valence-corrected chi connectivity index (χ3v) is 9.42. The number of aliphatic hydroxyl groups excluding tert-OH is 1. The predicted octanol–water partition coefficient (Wildman–Crippen LogP) is 10.7. The number of phosphoric acid groups is 1. The van der Waals surface area contributed by atoms with Crippen LogP contribution in [0.15, 0.2) is 60.8 Å². The summed E-state index contributed by atoms with van der Waals surface area (Å²) in [6.45, 7) is 4.69. The Bertz CT molecular complexity index is 1020. The lowest BCUT2D eigenvalue weighted by molar-refractivity contribution is -0.870. The number of nitrogens with zero attached hydrogens (tertiary/aromatic N) is 1. The molecule has 0 aliphatic heterocycles. The number of amides is 1. The number of hydrogen-bond acceptors (Lipinski definition) is 5. The molecule has 0 rings (SSSR count). The fourth-order valence-corrected chi connectivity index (χ4v) is 5.89. The van der Waals surface area contributed by atoms with Crippen LogP contribution in [0.1, 0.15) is 149 Å². The molecule has 0 aliphatic rings. The molecule has 51 heavy (non-hydrogen) atoms. The average molecular weight is 738 g/mol. The van der Waals surface area contributed by atoms with Crippen LogP contribution < -0.4 is 5.32 Å². The van der Waals surface area contributed by atoms with Crippen molar-refractivity contribution in [1.29, 1.82) is 0 Å². The van der Waals surface area contributed by atoms with Crippen molar-refractivity contribution in [1.82, 2.24) is 5.32 Å². The minimum Gasteiger partial charge on any atom is -0.387 e. The van der Waals surface area contributed by atoms with E-state index in [1.54, 1.807) is 6.08 Å². The standard InChI is InChI=1S/C42H77N2O6P/c1-6-8-10-12-14-16-18-20-21-22-24-26-28-30-32-34-36-42(46)43-40(39-50-51(47,48)49-38-37-44(3,4)5)41(45)35-33-31-29-27-25-23-19-17-15-13-11-9-7-2/h15-18,21-22,25,27,33,35,40-41,45H,6-14,19-20,23-24,26,28-32,34,36-39H2,1-5H3,(H-,43,46,47,48)/p+1/b17-15+,18-16-,22-21-,27-25+,35-33+. The maximum absolute atomic E-state index is 12.8. The van der Waals surface area contributed by atoms with Crippen LogP contribution in [0.2, 0.25) is 0 Å². The molecule has 296 valence electrons. The highest BCUT2D eigenvalue weighted by Crippen LogP contribution is 2.43. The van der Waals surface area contributed by atoms with Gasteiger partial charge in [-0.3, -0.25) is 13.8 Å². The summed E-state index contributed by atoms with van der Waals surface area (Å²) < 4.78 is 23.4. The van der Waals surface area contributed by atoms with Crippen molar-refractivity contribution in [2.45, 2.75) is 161 Å². The van der Waals surface area contributed by atoms with Crippen LogP contribution in [0.5, 0.6) is 0 Å². The Balaban J connectivity index is 4.60. The first-order valence-corrected chi connectivity index (χ1v) is 21.7. The normalized spacial score (nSPS) is 15.2. The summed E-state index contributed by atoms with van der Waals surface area (Å²) in [4.78, 5) is 23.0. The molecule has 0 saturated carbocycles. The largest absolute Gasteiger partial charge is 0.472 e. The molecule has 8 nitrogen and oxygen atoms in total. The van der Waals surface area contributed by atoms with Gasteiger partial charge in [-0.15, -0.1) is 0 Å². The summed E-state index contributed by atoms with van der Waals surface area (Å²) in [6.07, 6.45) is 42.8. The average Bonchev–Trinajstić information content (AvgIpc) is 3.07. The van der Waals surface area contributed by atoms with Crippen LogP contribution >= 0.6 is 7.82 Å². The molecule has 0 fully saturated rings. The minimum absolute atomic E-state index is 0.0480. The van der Waals surface area contributed by atoms with Crippen molar-refractivity contribution in [3.05, 3.63) is 60.8 Å². The first-order chi connectivity index (χ1) is 24.5. The van der Waals surface area contributed by atoms with Crippen LogP contribution in [-0.4, -0.2) is 73.4 Å². The molecule has 9 heteroatoms. The van der Waals surface area contributed by atoms with Gasteiger partial charge < -0.3 is 19.8 Å². The number of aliphatic hydroxyl groups is 1. The highest BCUT2D eigenvalue weighted by molar-refractivity contribution is 7.47. The lowest BCUT2D eigenvalue weighted by Gasteiger charge is -2.25. The topological polar surface area (TPSA) is 105 Å². The summed E-state index contributed by atoms with van der Waals surface area (Å²) in [5.41, 5.74) is 0. The smallest absolute Gasteiger partial charge is 0.387 e. The first kappa shape index (κ1) is 49.2. The van der Waals surface area contributed by atoms with Gasteiger partial charge in [0.1, 0.15) is 13.2 Å². The molecule has 1 amide bonds. The summed E-state index contributed by atoms with van der Waals surface area (Å²) in [5, 5.41) is 13.7. The van der Waals surface area contributed by atoms with E-state index in [1.165, 1.54) is 51.4 Å². The number of quaternary nitrogens is 1. The molecule has 3 unspecified atom stereocenters. The molecule has 3 N–H and O–H groups in total.